The number of nitrogens with one attached hydrogen (secondary N) is 1. The molecule has 1 aliphatic carbocycles. The summed E-state index contributed by atoms with van der Waals surface area (Å²) in [6.45, 7) is 9.93. The summed E-state index contributed by atoms with van der Waals surface area (Å²) >= 11 is 0. The van der Waals surface area contributed by atoms with Crippen LogP contribution >= 0.6 is 0 Å². The first-order valence-corrected chi connectivity index (χ1v) is 8.21. The first-order chi connectivity index (χ1) is 8.75. The predicted molar refractivity (Wildman–Crippen MR) is 78.9 cm³/mol. The van der Waals surface area contributed by atoms with Crippen molar-refractivity contribution in [1.82, 2.24) is 10.2 Å². The standard InChI is InChI=1S/C16H32N2/c1-14(2)15-6-5-7-16(9-8-15)17-10-13-18-11-3-4-12-18/h14-17H,3-13H2,1-2H3. The van der Waals surface area contributed by atoms with E-state index in [0.29, 0.717) is 0 Å². The maximum atomic E-state index is 3.81. The summed E-state index contributed by atoms with van der Waals surface area (Å²) in [7, 11) is 0. The smallest absolute Gasteiger partial charge is 0.0107 e. The Balaban J connectivity index is 1.61. The van der Waals surface area contributed by atoms with E-state index in [1.54, 1.807) is 0 Å². The maximum Gasteiger partial charge on any atom is 0.0107 e. The van der Waals surface area contributed by atoms with Crippen LogP contribution in [0, 0.1) is 11.8 Å². The van der Waals surface area contributed by atoms with Gasteiger partial charge in [-0.05, 0) is 57.0 Å². The molecule has 0 radical (unpaired) electrons. The Morgan fingerprint density at radius 1 is 1.00 bits per heavy atom. The molecule has 2 heteroatoms. The third kappa shape index (κ3) is 4.55. The molecule has 1 N–H and O–H groups in total. The highest BCUT2D eigenvalue weighted by molar-refractivity contribution is 4.77. The number of rotatable bonds is 5. The second-order valence-corrected chi connectivity index (χ2v) is 6.71. The van der Waals surface area contributed by atoms with E-state index in [2.05, 4.69) is 24.1 Å². The van der Waals surface area contributed by atoms with Crippen molar-refractivity contribution in [2.75, 3.05) is 26.2 Å². The van der Waals surface area contributed by atoms with Crippen LogP contribution in [-0.2, 0) is 0 Å². The van der Waals surface area contributed by atoms with Crippen LogP contribution in [0.25, 0.3) is 0 Å². The Bertz CT molecular complexity index is 221. The molecule has 2 atom stereocenters. The SMILES string of the molecule is CC(C)C1CCCC(NCCN2CCCC2)CC1. The van der Waals surface area contributed by atoms with Gasteiger partial charge in [-0.2, -0.15) is 0 Å². The Hall–Kier alpha value is -0.0800. The van der Waals surface area contributed by atoms with Crippen LogP contribution in [0.5, 0.6) is 0 Å². The first kappa shape index (κ1) is 14.3. The minimum absolute atomic E-state index is 0.802. The van der Waals surface area contributed by atoms with E-state index < -0.39 is 0 Å². The summed E-state index contributed by atoms with van der Waals surface area (Å²) in [5.41, 5.74) is 0. The monoisotopic (exact) mass is 252 g/mol. The third-order valence-corrected chi connectivity index (χ3v) is 5.02. The molecular weight excluding hydrogens is 220 g/mol. The fourth-order valence-electron chi connectivity index (χ4n) is 3.63. The van der Waals surface area contributed by atoms with E-state index in [-0.39, 0.29) is 0 Å². The molecule has 106 valence electrons. The average Bonchev–Trinajstić information content (AvgIpc) is 2.73. The Morgan fingerprint density at radius 2 is 1.78 bits per heavy atom. The molecule has 2 nitrogen and oxygen atoms in total. The van der Waals surface area contributed by atoms with Gasteiger partial charge in [-0.25, -0.2) is 0 Å². The van der Waals surface area contributed by atoms with E-state index in [4.69, 9.17) is 0 Å². The lowest BCUT2D eigenvalue weighted by Crippen LogP contribution is -2.36. The lowest BCUT2D eigenvalue weighted by atomic mass is 9.89. The van der Waals surface area contributed by atoms with Crippen molar-refractivity contribution >= 4 is 0 Å². The topological polar surface area (TPSA) is 15.3 Å². The second-order valence-electron chi connectivity index (χ2n) is 6.71. The molecule has 2 rings (SSSR count). The van der Waals surface area contributed by atoms with Crippen molar-refractivity contribution in [3.63, 3.8) is 0 Å². The van der Waals surface area contributed by atoms with Crippen molar-refractivity contribution < 1.29 is 0 Å². The van der Waals surface area contributed by atoms with Crippen LogP contribution in [-0.4, -0.2) is 37.1 Å². The molecule has 0 amide bonds. The normalized spacial score (nSPS) is 30.8. The van der Waals surface area contributed by atoms with Crippen LogP contribution in [0.1, 0.15) is 58.8 Å². The van der Waals surface area contributed by atoms with Gasteiger partial charge in [0.2, 0.25) is 0 Å². The molecule has 0 aromatic rings. The van der Waals surface area contributed by atoms with Crippen LogP contribution in [0.15, 0.2) is 0 Å². The number of nitrogens with zero attached hydrogens (tertiary/aromatic N) is 1. The molecule has 1 saturated heterocycles. The molecule has 0 spiro atoms. The zero-order valence-corrected chi connectivity index (χ0v) is 12.5. The van der Waals surface area contributed by atoms with Gasteiger partial charge in [-0.1, -0.05) is 26.7 Å². The van der Waals surface area contributed by atoms with Crippen LogP contribution in [0.4, 0.5) is 0 Å². The van der Waals surface area contributed by atoms with Gasteiger partial charge in [-0.3, -0.25) is 0 Å². The van der Waals surface area contributed by atoms with Crippen molar-refractivity contribution in [3.8, 4) is 0 Å². The molecule has 2 aliphatic rings. The van der Waals surface area contributed by atoms with Gasteiger partial charge in [0.1, 0.15) is 0 Å². The number of likely N-dealkylation sites (tertiary alicyclic amines) is 1. The minimum atomic E-state index is 0.802. The molecule has 0 bridgehead atoms. The molecule has 1 aliphatic heterocycles. The average molecular weight is 252 g/mol. The van der Waals surface area contributed by atoms with E-state index in [1.165, 1.54) is 71.1 Å². The second kappa shape index (κ2) is 7.49. The molecule has 1 saturated carbocycles. The summed E-state index contributed by atoms with van der Waals surface area (Å²) in [6.07, 6.45) is 9.98. The van der Waals surface area contributed by atoms with E-state index in [0.717, 1.165) is 17.9 Å². The van der Waals surface area contributed by atoms with Crippen LogP contribution < -0.4 is 5.32 Å². The number of hydrogen-bond acceptors (Lipinski definition) is 2. The third-order valence-electron chi connectivity index (χ3n) is 5.02. The fraction of sp³-hybridized carbons (Fsp3) is 1.00. The summed E-state index contributed by atoms with van der Waals surface area (Å²) < 4.78 is 0. The highest BCUT2D eigenvalue weighted by atomic mass is 15.2. The molecular formula is C16H32N2. The summed E-state index contributed by atoms with van der Waals surface area (Å²) in [5.74, 6) is 1.86. The minimum Gasteiger partial charge on any atom is -0.313 e. The quantitative estimate of drug-likeness (QED) is 0.755. The van der Waals surface area contributed by atoms with Gasteiger partial charge in [0.05, 0.1) is 0 Å². The molecule has 0 aromatic carbocycles. The van der Waals surface area contributed by atoms with Crippen molar-refractivity contribution in [1.29, 1.82) is 0 Å². The van der Waals surface area contributed by atoms with Gasteiger partial charge in [-0.15, -0.1) is 0 Å². The molecule has 0 aromatic heterocycles. The van der Waals surface area contributed by atoms with Crippen molar-refractivity contribution in [2.45, 2.75) is 64.8 Å². The van der Waals surface area contributed by atoms with E-state index in [9.17, 15) is 0 Å². The van der Waals surface area contributed by atoms with Gasteiger partial charge >= 0.3 is 0 Å². The van der Waals surface area contributed by atoms with Crippen molar-refractivity contribution in [2.24, 2.45) is 11.8 Å². The Labute approximate surface area is 114 Å². The van der Waals surface area contributed by atoms with E-state index in [1.807, 2.05) is 0 Å². The zero-order chi connectivity index (χ0) is 12.8. The highest BCUT2D eigenvalue weighted by Gasteiger charge is 2.20. The van der Waals surface area contributed by atoms with Gasteiger partial charge in [0.25, 0.3) is 0 Å². The van der Waals surface area contributed by atoms with Crippen LogP contribution in [0.2, 0.25) is 0 Å². The lowest BCUT2D eigenvalue weighted by molar-refractivity contribution is 0.316. The summed E-state index contributed by atoms with van der Waals surface area (Å²) in [6, 6.07) is 0.802. The predicted octanol–water partition coefficient (Wildman–Crippen LogP) is 3.28. The molecule has 18 heavy (non-hydrogen) atoms. The van der Waals surface area contributed by atoms with E-state index >= 15 is 0 Å². The maximum absolute atomic E-state index is 3.81. The van der Waals surface area contributed by atoms with Crippen LogP contribution in [0.3, 0.4) is 0 Å². The Kier molecular flexibility index (Phi) is 5.97. The molecule has 1 heterocycles. The van der Waals surface area contributed by atoms with Gasteiger partial charge in [0, 0.05) is 19.1 Å². The van der Waals surface area contributed by atoms with Crippen molar-refractivity contribution in [3.05, 3.63) is 0 Å². The Morgan fingerprint density at radius 3 is 2.50 bits per heavy atom. The summed E-state index contributed by atoms with van der Waals surface area (Å²) in [5, 5.41) is 3.81. The molecule has 2 unspecified atom stereocenters. The van der Waals surface area contributed by atoms with Gasteiger partial charge < -0.3 is 10.2 Å². The fourth-order valence-corrected chi connectivity index (χ4v) is 3.63. The largest absolute Gasteiger partial charge is 0.313 e. The number of hydrogen-bond donors (Lipinski definition) is 1. The summed E-state index contributed by atoms with van der Waals surface area (Å²) in [4.78, 5) is 2.61. The van der Waals surface area contributed by atoms with Gasteiger partial charge in [0.15, 0.2) is 0 Å². The molecule has 2 fully saturated rings. The lowest BCUT2D eigenvalue weighted by Gasteiger charge is -2.21. The highest BCUT2D eigenvalue weighted by Crippen LogP contribution is 2.28. The first-order valence-electron chi connectivity index (χ1n) is 8.21. The zero-order valence-electron chi connectivity index (χ0n) is 12.5.